The van der Waals surface area contributed by atoms with Crippen LogP contribution in [0.4, 0.5) is 13.2 Å². The molecule has 0 N–H and O–H groups in total. The lowest BCUT2D eigenvalue weighted by atomic mass is 9.96. The van der Waals surface area contributed by atoms with E-state index in [0.717, 1.165) is 12.1 Å². The average Bonchev–Trinajstić information content (AvgIpc) is 3.05. The Morgan fingerprint density at radius 3 is 2.37 bits per heavy atom. The van der Waals surface area contributed by atoms with Gasteiger partial charge < -0.3 is 4.84 Å². The molecule has 2 aromatic rings. The van der Waals surface area contributed by atoms with Crippen molar-refractivity contribution >= 4 is 5.78 Å². The summed E-state index contributed by atoms with van der Waals surface area (Å²) in [5.41, 5.74) is -1.14. The van der Waals surface area contributed by atoms with Crippen LogP contribution in [0.5, 0.6) is 0 Å². The first-order chi connectivity index (χ1) is 12.8. The Kier molecular flexibility index (Phi) is 4.85. The molecule has 0 aliphatic carbocycles. The average molecular weight is 378 g/mol. The van der Waals surface area contributed by atoms with Gasteiger partial charge in [0.1, 0.15) is 0 Å². The van der Waals surface area contributed by atoms with Crippen LogP contribution in [0.3, 0.4) is 0 Å². The molecule has 0 saturated carbocycles. The normalized spacial score (nSPS) is 14.3. The minimum atomic E-state index is -4.73. The monoisotopic (exact) mass is 378 g/mol. The molecule has 1 aliphatic heterocycles. The number of hydrogen-bond acceptors (Lipinski definition) is 4. The summed E-state index contributed by atoms with van der Waals surface area (Å²) in [5.74, 6) is -0.988. The van der Waals surface area contributed by atoms with Crippen LogP contribution < -0.4 is 0 Å². The lowest BCUT2D eigenvalue weighted by Gasteiger charge is -2.12. The van der Waals surface area contributed by atoms with E-state index in [1.807, 2.05) is 0 Å². The molecule has 6 nitrogen and oxygen atoms in total. The van der Waals surface area contributed by atoms with E-state index in [4.69, 9.17) is 4.84 Å². The van der Waals surface area contributed by atoms with Crippen LogP contribution in [0.1, 0.15) is 21.5 Å². The van der Waals surface area contributed by atoms with E-state index in [9.17, 15) is 28.1 Å². The van der Waals surface area contributed by atoms with Gasteiger partial charge in [0, 0.05) is 12.0 Å². The van der Waals surface area contributed by atoms with Gasteiger partial charge in [0.15, 0.2) is 23.1 Å². The number of carbonyl (C=O) groups excluding carboxylic acids is 1. The second-order valence-corrected chi connectivity index (χ2v) is 5.78. The summed E-state index contributed by atoms with van der Waals surface area (Å²) in [4.78, 5) is 28.9. The van der Waals surface area contributed by atoms with E-state index >= 15 is 0 Å². The Labute approximate surface area is 151 Å². The second-order valence-electron chi connectivity index (χ2n) is 5.78. The molecule has 1 aliphatic rings. The molecular formula is C18H13F3N2O4. The summed E-state index contributed by atoms with van der Waals surface area (Å²) in [7, 11) is 0. The third-order valence-electron chi connectivity index (χ3n) is 3.99. The lowest BCUT2D eigenvalue weighted by molar-refractivity contribution is -0.722. The number of benzene rings is 2. The van der Waals surface area contributed by atoms with E-state index < -0.39 is 34.7 Å². The van der Waals surface area contributed by atoms with E-state index in [1.165, 1.54) is 12.1 Å². The van der Waals surface area contributed by atoms with Crippen LogP contribution in [0, 0.1) is 10.1 Å². The van der Waals surface area contributed by atoms with Gasteiger partial charge in [0.2, 0.25) is 0 Å². The van der Waals surface area contributed by atoms with Gasteiger partial charge in [0.05, 0.1) is 16.3 Å². The van der Waals surface area contributed by atoms with Crippen molar-refractivity contribution in [2.24, 2.45) is 0 Å². The highest BCUT2D eigenvalue weighted by molar-refractivity contribution is 6.10. The molecule has 0 atom stereocenters. The van der Waals surface area contributed by atoms with Gasteiger partial charge in [-0.25, -0.2) is 10.1 Å². The number of alkyl halides is 3. The highest BCUT2D eigenvalue weighted by Gasteiger charge is 2.39. The van der Waals surface area contributed by atoms with Crippen molar-refractivity contribution in [3.63, 3.8) is 0 Å². The summed E-state index contributed by atoms with van der Waals surface area (Å²) in [5, 5.41) is 10.5. The van der Waals surface area contributed by atoms with Crippen molar-refractivity contribution < 1.29 is 27.8 Å². The Hall–Kier alpha value is -3.36. The first kappa shape index (κ1) is 18.4. The number of halogens is 3. The minimum absolute atomic E-state index is 0.0418. The molecular weight excluding hydrogens is 365 g/mol. The van der Waals surface area contributed by atoms with E-state index in [1.54, 1.807) is 30.3 Å². The van der Waals surface area contributed by atoms with Crippen molar-refractivity contribution in [2.45, 2.75) is 12.6 Å². The number of hydroxylamine groups is 1. The number of nitrogens with zero attached hydrogens (tertiary/aromatic N) is 2. The number of allylic oxidation sites excluding steroid dienone is 1. The molecule has 3 rings (SSSR count). The third kappa shape index (κ3) is 3.91. The molecule has 1 heterocycles. The molecule has 0 spiro atoms. The summed E-state index contributed by atoms with van der Waals surface area (Å²) in [6, 6.07) is 13.0. The van der Waals surface area contributed by atoms with Crippen LogP contribution in [-0.4, -0.2) is 22.5 Å². The minimum Gasteiger partial charge on any atom is -0.332 e. The quantitative estimate of drug-likeness (QED) is 0.449. The molecule has 0 bridgehead atoms. The third-order valence-corrected chi connectivity index (χ3v) is 3.99. The van der Waals surface area contributed by atoms with Crippen LogP contribution in [-0.2, 0) is 17.4 Å². The molecule has 0 amide bonds. The molecule has 2 aromatic carbocycles. The molecule has 140 valence electrons. The van der Waals surface area contributed by atoms with Gasteiger partial charge in [0.25, 0.3) is 0 Å². The summed E-state index contributed by atoms with van der Waals surface area (Å²) in [6.45, 7) is -0.541. The first-order valence-corrected chi connectivity index (χ1v) is 7.84. The summed E-state index contributed by atoms with van der Waals surface area (Å²) >= 11 is 0. The summed E-state index contributed by atoms with van der Waals surface area (Å²) < 4.78 is 39.7. The Balaban J connectivity index is 2.01. The Morgan fingerprint density at radius 1 is 1.11 bits per heavy atom. The van der Waals surface area contributed by atoms with Crippen molar-refractivity contribution in [2.75, 3.05) is 6.54 Å². The van der Waals surface area contributed by atoms with Crippen LogP contribution in [0.25, 0.3) is 0 Å². The van der Waals surface area contributed by atoms with Gasteiger partial charge in [-0.05, 0) is 11.6 Å². The molecule has 0 fully saturated rings. The Bertz CT molecular complexity index is 910. The fraction of sp³-hybridized carbons (Fsp3) is 0.167. The fourth-order valence-electron chi connectivity index (χ4n) is 2.74. The van der Waals surface area contributed by atoms with E-state index in [-0.39, 0.29) is 17.8 Å². The number of rotatable bonds is 5. The zero-order chi connectivity index (χ0) is 19.6. The van der Waals surface area contributed by atoms with Gasteiger partial charge >= 0.3 is 6.18 Å². The number of nitro groups is 1. The van der Waals surface area contributed by atoms with Crippen LogP contribution in [0.2, 0.25) is 0 Å². The highest BCUT2D eigenvalue weighted by Crippen LogP contribution is 2.34. The zero-order valence-corrected chi connectivity index (χ0v) is 13.8. The van der Waals surface area contributed by atoms with Crippen LogP contribution in [0.15, 0.2) is 65.9 Å². The maximum absolute atomic E-state index is 13.2. The number of hydrazine groups is 1. The molecule has 0 saturated heterocycles. The van der Waals surface area contributed by atoms with Crippen molar-refractivity contribution in [3.05, 3.63) is 92.7 Å². The fourth-order valence-corrected chi connectivity index (χ4v) is 2.74. The topological polar surface area (TPSA) is 72.7 Å². The number of Topliss-reactive ketones (excluding diaryl/α,β-unsaturated/α-hetero) is 1. The molecule has 9 heteroatoms. The predicted octanol–water partition coefficient (Wildman–Crippen LogP) is 3.82. The second kappa shape index (κ2) is 7.10. The first-order valence-electron chi connectivity index (χ1n) is 7.84. The van der Waals surface area contributed by atoms with Gasteiger partial charge in [-0.15, -0.1) is 0 Å². The van der Waals surface area contributed by atoms with Gasteiger partial charge in [-0.2, -0.15) is 13.2 Å². The van der Waals surface area contributed by atoms with Crippen molar-refractivity contribution in [1.82, 2.24) is 5.17 Å². The molecule has 0 aromatic heterocycles. The molecule has 27 heavy (non-hydrogen) atoms. The Morgan fingerprint density at radius 2 is 1.74 bits per heavy atom. The standard InChI is InChI=1S/C18H13F3N2O4/c19-18(20,21)15-9-5-4-8-13(15)17(24)14-11-22(23(25)26)27-16(14)10-12-6-2-1-3-7-12/h1-9H,10-11H2. The highest BCUT2D eigenvalue weighted by atomic mass is 19.4. The maximum atomic E-state index is 13.2. The van der Waals surface area contributed by atoms with Crippen molar-refractivity contribution in [3.8, 4) is 0 Å². The molecule has 0 unspecified atom stereocenters. The predicted molar refractivity (Wildman–Crippen MR) is 87.7 cm³/mol. The van der Waals surface area contributed by atoms with E-state index in [2.05, 4.69) is 0 Å². The van der Waals surface area contributed by atoms with Crippen molar-refractivity contribution in [1.29, 1.82) is 0 Å². The zero-order valence-electron chi connectivity index (χ0n) is 13.8. The lowest BCUT2D eigenvalue weighted by Crippen LogP contribution is -2.27. The summed E-state index contributed by atoms with van der Waals surface area (Å²) in [6.07, 6.45) is -4.69. The SMILES string of the molecule is O=C(C1=C(Cc2ccccc2)ON([N+](=O)[O-])C1)c1ccccc1C(F)(F)F. The largest absolute Gasteiger partial charge is 0.417 e. The van der Waals surface area contributed by atoms with Gasteiger partial charge in [-0.1, -0.05) is 48.5 Å². The van der Waals surface area contributed by atoms with Gasteiger partial charge in [-0.3, -0.25) is 4.79 Å². The maximum Gasteiger partial charge on any atom is 0.417 e. The smallest absolute Gasteiger partial charge is 0.332 e. The number of ketones is 1. The van der Waals surface area contributed by atoms with Crippen LogP contribution >= 0.6 is 0 Å². The van der Waals surface area contributed by atoms with E-state index in [0.29, 0.717) is 10.7 Å². The molecule has 0 radical (unpaired) electrons. The number of hydrogen-bond donors (Lipinski definition) is 0. The number of carbonyl (C=O) groups is 1.